The van der Waals surface area contributed by atoms with Gasteiger partial charge < -0.3 is 5.11 Å². The highest BCUT2D eigenvalue weighted by atomic mass is 32.2. The Morgan fingerprint density at radius 3 is 1.78 bits per heavy atom. The van der Waals surface area contributed by atoms with Gasteiger partial charge in [-0.3, -0.25) is 4.55 Å². The van der Waals surface area contributed by atoms with Gasteiger partial charge in [0, 0.05) is 0 Å². The van der Waals surface area contributed by atoms with E-state index in [2.05, 4.69) is 33.8 Å². The Bertz CT molecular complexity index is 468. The van der Waals surface area contributed by atoms with Gasteiger partial charge in [0.25, 0.3) is 10.1 Å². The van der Waals surface area contributed by atoms with Gasteiger partial charge in [-0.1, -0.05) is 39.8 Å². The third-order valence-electron chi connectivity index (χ3n) is 2.32. The van der Waals surface area contributed by atoms with Gasteiger partial charge in [0.2, 0.25) is 0 Å². The Morgan fingerprint density at radius 2 is 1.50 bits per heavy atom. The van der Waals surface area contributed by atoms with E-state index in [0.29, 0.717) is 23.8 Å². The molecule has 0 aliphatic carbocycles. The summed E-state index contributed by atoms with van der Waals surface area (Å²) in [4.78, 5) is 0. The molecule has 5 heteroatoms. The second kappa shape index (κ2) is 6.75. The quantitative estimate of drug-likeness (QED) is 0.812. The summed E-state index contributed by atoms with van der Waals surface area (Å²) in [5.41, 5.74) is 2.35. The maximum absolute atomic E-state index is 9.71. The summed E-state index contributed by atoms with van der Waals surface area (Å²) in [6, 6.07) is 5.78. The smallest absolute Gasteiger partial charge is 0.261 e. The molecule has 0 saturated carbocycles. The molecular weight excluding hydrogens is 252 g/mol. The van der Waals surface area contributed by atoms with Crippen molar-refractivity contribution in [2.45, 2.75) is 39.5 Å². The predicted octanol–water partition coefficient (Wildman–Crippen LogP) is 3.14. The zero-order valence-electron chi connectivity index (χ0n) is 11.5. The lowest BCUT2D eigenvalue weighted by molar-refractivity contribution is 0.462. The van der Waals surface area contributed by atoms with Gasteiger partial charge in [-0.05, 0) is 29.0 Å². The van der Waals surface area contributed by atoms with Gasteiger partial charge in [-0.15, -0.1) is 0 Å². The number of benzene rings is 1. The normalized spacial score (nSPS) is 11.3. The van der Waals surface area contributed by atoms with Crippen molar-refractivity contribution in [2.24, 2.45) is 0 Å². The maximum atomic E-state index is 9.71. The zero-order chi connectivity index (χ0) is 14.5. The largest absolute Gasteiger partial charge is 0.508 e. The molecule has 0 aliphatic heterocycles. The first-order valence-corrected chi connectivity index (χ1v) is 7.63. The highest BCUT2D eigenvalue weighted by Crippen LogP contribution is 2.32. The standard InChI is InChI=1S/C12H18O.CH4O3S/c1-8(2)10-6-5-7-11(13)12(10)9(3)4;1-5(2,3)4/h5-9,13H,1-4H3;1H3,(H,2,3,4). The molecular formula is C13H22O4S. The molecule has 0 fully saturated rings. The van der Waals surface area contributed by atoms with E-state index in [1.807, 2.05) is 6.07 Å². The number of hydrogen-bond donors (Lipinski definition) is 2. The van der Waals surface area contributed by atoms with Crippen LogP contribution in [0.2, 0.25) is 0 Å². The molecule has 2 N–H and O–H groups in total. The van der Waals surface area contributed by atoms with E-state index in [9.17, 15) is 13.5 Å². The van der Waals surface area contributed by atoms with Gasteiger partial charge in [-0.2, -0.15) is 8.42 Å². The number of phenolic OH excluding ortho intramolecular Hbond substituents is 1. The monoisotopic (exact) mass is 274 g/mol. The minimum atomic E-state index is -3.67. The molecule has 0 aliphatic rings. The van der Waals surface area contributed by atoms with Crippen molar-refractivity contribution < 1.29 is 18.1 Å². The average molecular weight is 274 g/mol. The lowest BCUT2D eigenvalue weighted by atomic mass is 9.90. The van der Waals surface area contributed by atoms with Crippen LogP contribution in [0.25, 0.3) is 0 Å². The van der Waals surface area contributed by atoms with Gasteiger partial charge in [0.1, 0.15) is 5.75 Å². The van der Waals surface area contributed by atoms with Crippen molar-refractivity contribution in [1.82, 2.24) is 0 Å². The van der Waals surface area contributed by atoms with Crippen LogP contribution in [0, 0.1) is 0 Å². The van der Waals surface area contributed by atoms with E-state index in [-0.39, 0.29) is 0 Å². The van der Waals surface area contributed by atoms with Crippen molar-refractivity contribution in [3.8, 4) is 5.75 Å². The Morgan fingerprint density at radius 1 is 1.06 bits per heavy atom. The SMILES string of the molecule is CC(C)c1cccc(O)c1C(C)C.CS(=O)(=O)O. The molecule has 104 valence electrons. The summed E-state index contributed by atoms with van der Waals surface area (Å²) in [5, 5.41) is 9.71. The van der Waals surface area contributed by atoms with Gasteiger partial charge in [-0.25, -0.2) is 0 Å². The van der Waals surface area contributed by atoms with Gasteiger partial charge in [0.05, 0.1) is 6.26 Å². The van der Waals surface area contributed by atoms with Crippen molar-refractivity contribution in [2.75, 3.05) is 6.26 Å². The lowest BCUT2D eigenvalue weighted by Gasteiger charge is -2.16. The molecule has 18 heavy (non-hydrogen) atoms. The van der Waals surface area contributed by atoms with E-state index < -0.39 is 10.1 Å². The molecule has 0 aromatic heterocycles. The second-order valence-electron chi connectivity index (χ2n) is 4.82. The van der Waals surface area contributed by atoms with Gasteiger partial charge in [0.15, 0.2) is 0 Å². The zero-order valence-corrected chi connectivity index (χ0v) is 12.3. The van der Waals surface area contributed by atoms with Crippen molar-refractivity contribution in [3.05, 3.63) is 29.3 Å². The fourth-order valence-corrected chi connectivity index (χ4v) is 1.70. The fourth-order valence-electron chi connectivity index (χ4n) is 1.70. The first kappa shape index (κ1) is 16.9. The maximum Gasteiger partial charge on any atom is 0.261 e. The predicted molar refractivity (Wildman–Crippen MR) is 73.8 cm³/mol. The summed E-state index contributed by atoms with van der Waals surface area (Å²) in [5.74, 6) is 1.30. The summed E-state index contributed by atoms with van der Waals surface area (Å²) >= 11 is 0. The van der Waals surface area contributed by atoms with E-state index in [0.717, 1.165) is 5.56 Å². The first-order chi connectivity index (χ1) is 8.04. The van der Waals surface area contributed by atoms with Crippen molar-refractivity contribution in [1.29, 1.82) is 0 Å². The van der Waals surface area contributed by atoms with E-state index >= 15 is 0 Å². The van der Waals surface area contributed by atoms with Crippen LogP contribution >= 0.6 is 0 Å². The summed E-state index contributed by atoms with van der Waals surface area (Å²) in [6.07, 6.45) is 0.715. The summed E-state index contributed by atoms with van der Waals surface area (Å²) < 4.78 is 25.9. The highest BCUT2D eigenvalue weighted by molar-refractivity contribution is 7.85. The Labute approximate surface area is 109 Å². The molecule has 0 bridgehead atoms. The minimum Gasteiger partial charge on any atom is -0.508 e. The number of rotatable bonds is 2. The molecule has 1 aromatic rings. The van der Waals surface area contributed by atoms with Crippen LogP contribution in [0.1, 0.15) is 50.7 Å². The van der Waals surface area contributed by atoms with Crippen LogP contribution in [0.5, 0.6) is 5.75 Å². The van der Waals surface area contributed by atoms with Crippen LogP contribution in [0.15, 0.2) is 18.2 Å². The first-order valence-electron chi connectivity index (χ1n) is 5.78. The van der Waals surface area contributed by atoms with Crippen molar-refractivity contribution >= 4 is 10.1 Å². The molecule has 0 spiro atoms. The minimum absolute atomic E-state index is 0.388. The average Bonchev–Trinajstić information content (AvgIpc) is 2.13. The summed E-state index contributed by atoms with van der Waals surface area (Å²) in [7, 11) is -3.67. The lowest BCUT2D eigenvalue weighted by Crippen LogP contribution is -1.98. The molecule has 0 saturated heterocycles. The molecule has 0 amide bonds. The van der Waals surface area contributed by atoms with Crippen molar-refractivity contribution in [3.63, 3.8) is 0 Å². The number of hydrogen-bond acceptors (Lipinski definition) is 3. The van der Waals surface area contributed by atoms with E-state index in [1.54, 1.807) is 6.07 Å². The number of phenols is 1. The molecule has 0 unspecified atom stereocenters. The fraction of sp³-hybridized carbons (Fsp3) is 0.538. The molecule has 1 rings (SSSR count). The third-order valence-corrected chi connectivity index (χ3v) is 2.32. The molecule has 4 nitrogen and oxygen atoms in total. The molecule has 0 radical (unpaired) electrons. The number of aromatic hydroxyl groups is 1. The highest BCUT2D eigenvalue weighted by Gasteiger charge is 2.13. The van der Waals surface area contributed by atoms with Crippen LogP contribution < -0.4 is 0 Å². The summed E-state index contributed by atoms with van der Waals surface area (Å²) in [6.45, 7) is 8.53. The molecule has 0 heterocycles. The molecule has 1 aromatic carbocycles. The Kier molecular flexibility index (Phi) is 6.35. The topological polar surface area (TPSA) is 74.6 Å². The van der Waals surface area contributed by atoms with E-state index in [1.165, 1.54) is 5.56 Å². The van der Waals surface area contributed by atoms with Crippen LogP contribution in [0.4, 0.5) is 0 Å². The van der Waals surface area contributed by atoms with E-state index in [4.69, 9.17) is 4.55 Å². The van der Waals surface area contributed by atoms with Crippen LogP contribution in [-0.2, 0) is 10.1 Å². The Hall–Kier alpha value is -1.07. The van der Waals surface area contributed by atoms with Crippen LogP contribution in [-0.4, -0.2) is 24.3 Å². The van der Waals surface area contributed by atoms with Crippen LogP contribution in [0.3, 0.4) is 0 Å². The van der Waals surface area contributed by atoms with Gasteiger partial charge >= 0.3 is 0 Å². The second-order valence-corrected chi connectivity index (χ2v) is 6.29. The Balaban J connectivity index is 0.000000494. The molecule has 0 atom stereocenters. The third kappa shape index (κ3) is 6.61.